The number of rotatable bonds is 5. The molecule has 2 heterocycles. The summed E-state index contributed by atoms with van der Waals surface area (Å²) in [6, 6.07) is 17.6. The maximum absolute atomic E-state index is 12.7. The summed E-state index contributed by atoms with van der Waals surface area (Å²) < 4.78 is 0. The van der Waals surface area contributed by atoms with Crippen molar-refractivity contribution in [1.29, 1.82) is 0 Å². The van der Waals surface area contributed by atoms with Crippen molar-refractivity contribution in [3.8, 4) is 0 Å². The molecule has 1 amide bonds. The fraction of sp³-hybridized carbons (Fsp3) is 0.304. The van der Waals surface area contributed by atoms with E-state index in [1.165, 1.54) is 24.9 Å². The van der Waals surface area contributed by atoms with Crippen LogP contribution in [0, 0.1) is 0 Å². The van der Waals surface area contributed by atoms with Crippen molar-refractivity contribution in [3.05, 3.63) is 60.8 Å². The zero-order chi connectivity index (χ0) is 19.3. The number of fused-ring (bicyclic) bond motifs is 1. The Kier molecular flexibility index (Phi) is 5.42. The van der Waals surface area contributed by atoms with Crippen molar-refractivity contribution in [2.45, 2.75) is 32.2 Å². The second-order valence-corrected chi connectivity index (χ2v) is 7.33. The minimum Gasteiger partial charge on any atom is -0.374 e. The first kappa shape index (κ1) is 18.3. The predicted molar refractivity (Wildman–Crippen MR) is 116 cm³/mol. The number of hydrogen-bond donors (Lipinski definition) is 2. The van der Waals surface area contributed by atoms with Gasteiger partial charge in [0.1, 0.15) is 6.04 Å². The Morgan fingerprint density at radius 1 is 1.04 bits per heavy atom. The number of hydrogen-bond acceptors (Lipinski definition) is 4. The van der Waals surface area contributed by atoms with E-state index in [2.05, 4.69) is 32.7 Å². The normalized spacial score (nSPS) is 15.2. The number of piperidine rings is 1. The van der Waals surface area contributed by atoms with Gasteiger partial charge in [0.05, 0.1) is 11.2 Å². The lowest BCUT2D eigenvalue weighted by molar-refractivity contribution is -0.116. The molecule has 1 aliphatic heterocycles. The van der Waals surface area contributed by atoms with E-state index in [1.54, 1.807) is 6.20 Å². The molecule has 3 aromatic rings. The molecule has 2 N–H and O–H groups in total. The first-order chi connectivity index (χ1) is 13.7. The number of carbonyl (C=O) groups is 1. The van der Waals surface area contributed by atoms with Gasteiger partial charge in [0, 0.05) is 36.0 Å². The molecule has 1 aliphatic rings. The average molecular weight is 374 g/mol. The third-order valence-corrected chi connectivity index (χ3v) is 5.25. The van der Waals surface area contributed by atoms with Crippen LogP contribution < -0.4 is 15.5 Å². The van der Waals surface area contributed by atoms with E-state index >= 15 is 0 Å². The summed E-state index contributed by atoms with van der Waals surface area (Å²) in [4.78, 5) is 19.5. The summed E-state index contributed by atoms with van der Waals surface area (Å²) in [5, 5.41) is 7.31. The Bertz CT molecular complexity index is 960. The van der Waals surface area contributed by atoms with E-state index in [-0.39, 0.29) is 11.9 Å². The number of amides is 1. The molecule has 5 nitrogen and oxygen atoms in total. The van der Waals surface area contributed by atoms with Crippen LogP contribution in [0.1, 0.15) is 26.2 Å². The molecule has 1 unspecified atom stereocenters. The molecule has 2 aromatic carbocycles. The van der Waals surface area contributed by atoms with Gasteiger partial charge in [-0.15, -0.1) is 0 Å². The smallest absolute Gasteiger partial charge is 0.246 e. The number of nitrogens with one attached hydrogen (secondary N) is 2. The third-order valence-electron chi connectivity index (χ3n) is 5.25. The number of aromatic nitrogens is 1. The van der Waals surface area contributed by atoms with Crippen LogP contribution >= 0.6 is 0 Å². The number of pyridine rings is 1. The third kappa shape index (κ3) is 4.09. The van der Waals surface area contributed by atoms with Crippen molar-refractivity contribution in [2.24, 2.45) is 0 Å². The van der Waals surface area contributed by atoms with Crippen molar-refractivity contribution in [3.63, 3.8) is 0 Å². The second kappa shape index (κ2) is 8.30. The molecular weight excluding hydrogens is 348 g/mol. The molecule has 1 saturated heterocycles. The summed E-state index contributed by atoms with van der Waals surface area (Å²) in [7, 11) is 0. The monoisotopic (exact) mass is 374 g/mol. The standard InChI is InChI=1S/C23H26N4O/c1-17(23(28)26-22-12-6-11-21-20(22)10-7-13-24-21)25-18-8-5-9-19(16-18)27-14-3-2-4-15-27/h5-13,16-17,25H,2-4,14-15H2,1H3,(H,26,28). The minimum atomic E-state index is -0.358. The lowest BCUT2D eigenvalue weighted by Gasteiger charge is -2.29. The second-order valence-electron chi connectivity index (χ2n) is 7.33. The molecule has 0 saturated carbocycles. The molecule has 1 atom stereocenters. The molecule has 0 radical (unpaired) electrons. The van der Waals surface area contributed by atoms with Crippen LogP contribution in [-0.2, 0) is 4.79 Å². The largest absolute Gasteiger partial charge is 0.374 e. The Hall–Kier alpha value is -3.08. The Balaban J connectivity index is 1.44. The lowest BCUT2D eigenvalue weighted by Crippen LogP contribution is -2.32. The SMILES string of the molecule is CC(Nc1cccc(N2CCCCC2)c1)C(=O)Nc1cccc2ncccc12. The molecule has 0 spiro atoms. The fourth-order valence-electron chi connectivity index (χ4n) is 3.71. The highest BCUT2D eigenvalue weighted by atomic mass is 16.2. The number of nitrogens with zero attached hydrogens (tertiary/aromatic N) is 2. The van der Waals surface area contributed by atoms with Gasteiger partial charge in [0.2, 0.25) is 5.91 Å². The van der Waals surface area contributed by atoms with Crippen LogP contribution in [0.2, 0.25) is 0 Å². The van der Waals surface area contributed by atoms with Crippen LogP contribution in [0.5, 0.6) is 0 Å². The van der Waals surface area contributed by atoms with Gasteiger partial charge in [-0.05, 0) is 68.7 Å². The summed E-state index contributed by atoms with van der Waals surface area (Å²) >= 11 is 0. The molecule has 1 fully saturated rings. The van der Waals surface area contributed by atoms with Crippen molar-refractivity contribution in [1.82, 2.24) is 4.98 Å². The molecule has 144 valence electrons. The quantitative estimate of drug-likeness (QED) is 0.682. The molecule has 28 heavy (non-hydrogen) atoms. The summed E-state index contributed by atoms with van der Waals surface area (Å²) in [6.45, 7) is 4.09. The van der Waals surface area contributed by atoms with Gasteiger partial charge in [-0.3, -0.25) is 9.78 Å². The first-order valence-corrected chi connectivity index (χ1v) is 9.97. The predicted octanol–water partition coefficient (Wildman–Crippen LogP) is 4.66. The van der Waals surface area contributed by atoms with Gasteiger partial charge in [0.25, 0.3) is 0 Å². The highest BCUT2D eigenvalue weighted by molar-refractivity contribution is 6.03. The fourth-order valence-corrected chi connectivity index (χ4v) is 3.71. The van der Waals surface area contributed by atoms with Crippen molar-refractivity contribution >= 4 is 33.9 Å². The van der Waals surface area contributed by atoms with E-state index in [9.17, 15) is 4.79 Å². The van der Waals surface area contributed by atoms with Gasteiger partial charge in [-0.25, -0.2) is 0 Å². The van der Waals surface area contributed by atoms with Crippen LogP contribution in [0.25, 0.3) is 10.9 Å². The van der Waals surface area contributed by atoms with Crippen LogP contribution in [0.3, 0.4) is 0 Å². The Morgan fingerprint density at radius 3 is 2.71 bits per heavy atom. The highest BCUT2D eigenvalue weighted by Crippen LogP contribution is 2.24. The van der Waals surface area contributed by atoms with Crippen LogP contribution in [0.15, 0.2) is 60.8 Å². The summed E-state index contributed by atoms with van der Waals surface area (Å²) in [5.74, 6) is -0.0697. The maximum atomic E-state index is 12.7. The van der Waals surface area contributed by atoms with Crippen molar-refractivity contribution < 1.29 is 4.79 Å². The maximum Gasteiger partial charge on any atom is 0.246 e. The van der Waals surface area contributed by atoms with Crippen LogP contribution in [-0.4, -0.2) is 30.0 Å². The Labute approximate surface area is 165 Å². The van der Waals surface area contributed by atoms with Crippen molar-refractivity contribution in [2.75, 3.05) is 28.6 Å². The molecule has 1 aromatic heterocycles. The molecule has 5 heteroatoms. The summed E-state index contributed by atoms with van der Waals surface area (Å²) in [6.07, 6.45) is 5.56. The van der Waals surface area contributed by atoms with Gasteiger partial charge >= 0.3 is 0 Å². The van der Waals surface area contributed by atoms with Gasteiger partial charge < -0.3 is 15.5 Å². The molecule has 0 bridgehead atoms. The zero-order valence-electron chi connectivity index (χ0n) is 16.2. The first-order valence-electron chi connectivity index (χ1n) is 9.97. The average Bonchev–Trinajstić information content (AvgIpc) is 2.75. The molecular formula is C23H26N4O. The zero-order valence-corrected chi connectivity index (χ0v) is 16.2. The minimum absolute atomic E-state index is 0.0697. The highest BCUT2D eigenvalue weighted by Gasteiger charge is 2.16. The number of benzene rings is 2. The van der Waals surface area contributed by atoms with Gasteiger partial charge in [0.15, 0.2) is 0 Å². The number of anilines is 3. The van der Waals surface area contributed by atoms with Crippen LogP contribution in [0.4, 0.5) is 17.1 Å². The van der Waals surface area contributed by atoms with E-state index in [4.69, 9.17) is 0 Å². The number of carbonyl (C=O) groups excluding carboxylic acids is 1. The summed E-state index contributed by atoms with van der Waals surface area (Å²) in [5.41, 5.74) is 3.84. The van der Waals surface area contributed by atoms with E-state index in [0.717, 1.165) is 35.4 Å². The topological polar surface area (TPSA) is 57.3 Å². The lowest BCUT2D eigenvalue weighted by atomic mass is 10.1. The molecule has 4 rings (SSSR count). The van der Waals surface area contributed by atoms with Gasteiger partial charge in [-0.1, -0.05) is 12.1 Å². The Morgan fingerprint density at radius 2 is 1.86 bits per heavy atom. The van der Waals surface area contributed by atoms with E-state index < -0.39 is 0 Å². The van der Waals surface area contributed by atoms with E-state index in [0.29, 0.717) is 0 Å². The van der Waals surface area contributed by atoms with Gasteiger partial charge in [-0.2, -0.15) is 0 Å². The molecule has 0 aliphatic carbocycles. The van der Waals surface area contributed by atoms with E-state index in [1.807, 2.05) is 49.4 Å².